The van der Waals surface area contributed by atoms with Gasteiger partial charge in [-0.25, -0.2) is 0 Å². The highest BCUT2D eigenvalue weighted by Crippen LogP contribution is 2.34. The van der Waals surface area contributed by atoms with E-state index in [1.807, 2.05) is 30.3 Å². The Labute approximate surface area is 104 Å². The van der Waals surface area contributed by atoms with Crippen molar-refractivity contribution < 1.29 is 5.11 Å². The molecule has 1 nitrogen and oxygen atoms in total. The standard InChI is InChI=1S/C16H20O/c1-5-12-16(17,15(6-2)13(3)4)14-10-8-7-9-11-14/h6-11,13,15,17H,2H2,1,3-4H3/t15-,16+/m0/s1. The lowest BCUT2D eigenvalue weighted by molar-refractivity contribution is 0.0354. The monoisotopic (exact) mass is 228 g/mol. The van der Waals surface area contributed by atoms with Gasteiger partial charge in [-0.1, -0.05) is 56.2 Å². The first-order valence-corrected chi connectivity index (χ1v) is 5.90. The maximum Gasteiger partial charge on any atom is 0.157 e. The quantitative estimate of drug-likeness (QED) is 0.619. The molecule has 0 aliphatic heterocycles. The highest BCUT2D eigenvalue weighted by molar-refractivity contribution is 5.34. The SMILES string of the molecule is C=C[C@@H](C(C)C)[C@@](O)(C#CC)c1ccccc1. The van der Waals surface area contributed by atoms with Gasteiger partial charge in [-0.2, -0.15) is 0 Å². The van der Waals surface area contributed by atoms with E-state index in [1.54, 1.807) is 13.0 Å². The Balaban J connectivity index is 3.30. The predicted molar refractivity (Wildman–Crippen MR) is 72.3 cm³/mol. The fraction of sp³-hybridized carbons (Fsp3) is 0.375. The van der Waals surface area contributed by atoms with E-state index in [0.717, 1.165) is 5.56 Å². The first-order chi connectivity index (χ1) is 8.06. The van der Waals surface area contributed by atoms with Crippen molar-refractivity contribution in [2.75, 3.05) is 0 Å². The first kappa shape index (κ1) is 13.5. The predicted octanol–water partition coefficient (Wildman–Crippen LogP) is 3.36. The molecule has 2 atom stereocenters. The van der Waals surface area contributed by atoms with Crippen LogP contribution < -0.4 is 0 Å². The summed E-state index contributed by atoms with van der Waals surface area (Å²) >= 11 is 0. The Morgan fingerprint density at radius 2 is 1.88 bits per heavy atom. The van der Waals surface area contributed by atoms with Gasteiger partial charge in [-0.3, -0.25) is 0 Å². The normalized spacial score (nSPS) is 15.6. The van der Waals surface area contributed by atoms with Crippen LogP contribution in [0.1, 0.15) is 26.3 Å². The maximum atomic E-state index is 10.9. The van der Waals surface area contributed by atoms with Crippen LogP contribution in [0.3, 0.4) is 0 Å². The third-order valence-corrected chi connectivity index (χ3v) is 2.98. The second kappa shape index (κ2) is 5.70. The van der Waals surface area contributed by atoms with Crippen molar-refractivity contribution in [2.45, 2.75) is 26.4 Å². The van der Waals surface area contributed by atoms with Gasteiger partial charge in [0.1, 0.15) is 0 Å². The first-order valence-electron chi connectivity index (χ1n) is 5.90. The van der Waals surface area contributed by atoms with Crippen molar-refractivity contribution in [3.63, 3.8) is 0 Å². The van der Waals surface area contributed by atoms with Gasteiger partial charge in [-0.05, 0) is 18.4 Å². The highest BCUT2D eigenvalue weighted by atomic mass is 16.3. The molecule has 0 unspecified atom stereocenters. The third kappa shape index (κ3) is 2.78. The molecule has 0 bridgehead atoms. The summed E-state index contributed by atoms with van der Waals surface area (Å²) in [5.74, 6) is 5.96. The van der Waals surface area contributed by atoms with E-state index >= 15 is 0 Å². The molecular formula is C16H20O. The summed E-state index contributed by atoms with van der Waals surface area (Å²) in [4.78, 5) is 0. The van der Waals surface area contributed by atoms with Crippen LogP contribution in [0.4, 0.5) is 0 Å². The number of rotatable bonds is 4. The van der Waals surface area contributed by atoms with E-state index in [2.05, 4.69) is 32.3 Å². The fourth-order valence-electron chi connectivity index (χ4n) is 2.16. The summed E-state index contributed by atoms with van der Waals surface area (Å²) in [6.07, 6.45) is 1.79. The van der Waals surface area contributed by atoms with Crippen LogP contribution in [0, 0.1) is 23.7 Å². The molecule has 0 saturated carbocycles. The lowest BCUT2D eigenvalue weighted by Crippen LogP contribution is -2.35. The van der Waals surface area contributed by atoms with Gasteiger partial charge in [0.05, 0.1) is 0 Å². The average Bonchev–Trinajstić information content (AvgIpc) is 2.31. The van der Waals surface area contributed by atoms with Gasteiger partial charge in [0.15, 0.2) is 5.60 Å². The van der Waals surface area contributed by atoms with Crippen molar-refractivity contribution in [1.82, 2.24) is 0 Å². The molecule has 0 aromatic heterocycles. The second-order valence-corrected chi connectivity index (χ2v) is 4.51. The Morgan fingerprint density at radius 1 is 1.29 bits per heavy atom. The molecule has 1 N–H and O–H groups in total. The Hall–Kier alpha value is -1.52. The van der Waals surface area contributed by atoms with Crippen LogP contribution in [0.2, 0.25) is 0 Å². The van der Waals surface area contributed by atoms with Crippen LogP contribution in [-0.2, 0) is 5.60 Å². The molecule has 0 spiro atoms. The molecular weight excluding hydrogens is 208 g/mol. The van der Waals surface area contributed by atoms with E-state index in [-0.39, 0.29) is 11.8 Å². The lowest BCUT2D eigenvalue weighted by atomic mass is 9.76. The van der Waals surface area contributed by atoms with Gasteiger partial charge >= 0.3 is 0 Å². The fourth-order valence-corrected chi connectivity index (χ4v) is 2.16. The van der Waals surface area contributed by atoms with Crippen LogP contribution >= 0.6 is 0 Å². The molecule has 0 radical (unpaired) electrons. The van der Waals surface area contributed by atoms with E-state index < -0.39 is 5.60 Å². The largest absolute Gasteiger partial charge is 0.373 e. The minimum atomic E-state index is -1.15. The molecule has 1 rings (SSSR count). The smallest absolute Gasteiger partial charge is 0.157 e. The van der Waals surface area contributed by atoms with E-state index in [0.29, 0.717) is 0 Å². The highest BCUT2D eigenvalue weighted by Gasteiger charge is 2.36. The van der Waals surface area contributed by atoms with Crippen molar-refractivity contribution in [3.05, 3.63) is 48.6 Å². The molecule has 0 heterocycles. The van der Waals surface area contributed by atoms with Crippen LogP contribution in [-0.4, -0.2) is 5.11 Å². The van der Waals surface area contributed by atoms with Gasteiger partial charge in [0.25, 0.3) is 0 Å². The Morgan fingerprint density at radius 3 is 2.29 bits per heavy atom. The van der Waals surface area contributed by atoms with E-state index in [9.17, 15) is 5.11 Å². The van der Waals surface area contributed by atoms with E-state index in [4.69, 9.17) is 0 Å². The number of hydrogen-bond donors (Lipinski definition) is 1. The summed E-state index contributed by atoms with van der Waals surface area (Å²) in [6, 6.07) is 9.57. The summed E-state index contributed by atoms with van der Waals surface area (Å²) in [6.45, 7) is 9.71. The molecule has 0 aliphatic carbocycles. The molecule has 1 aromatic rings. The summed E-state index contributed by atoms with van der Waals surface area (Å²) < 4.78 is 0. The zero-order chi connectivity index (χ0) is 12.9. The molecule has 0 saturated heterocycles. The summed E-state index contributed by atoms with van der Waals surface area (Å²) in [7, 11) is 0. The van der Waals surface area contributed by atoms with Crippen molar-refractivity contribution in [1.29, 1.82) is 0 Å². The van der Waals surface area contributed by atoms with Crippen molar-refractivity contribution in [3.8, 4) is 11.8 Å². The Bertz CT molecular complexity index is 422. The second-order valence-electron chi connectivity index (χ2n) is 4.51. The number of benzene rings is 1. The minimum absolute atomic E-state index is 0.0858. The van der Waals surface area contributed by atoms with Crippen LogP contribution in [0.15, 0.2) is 43.0 Å². The van der Waals surface area contributed by atoms with Gasteiger partial charge in [0.2, 0.25) is 0 Å². The molecule has 0 aliphatic rings. The number of aliphatic hydroxyl groups is 1. The molecule has 0 fully saturated rings. The van der Waals surface area contributed by atoms with Crippen molar-refractivity contribution in [2.24, 2.45) is 11.8 Å². The summed E-state index contributed by atoms with van der Waals surface area (Å²) in [5.41, 5.74) is -0.320. The number of hydrogen-bond acceptors (Lipinski definition) is 1. The zero-order valence-electron chi connectivity index (χ0n) is 10.8. The lowest BCUT2D eigenvalue weighted by Gasteiger charge is -2.33. The third-order valence-electron chi connectivity index (χ3n) is 2.98. The van der Waals surface area contributed by atoms with Crippen molar-refractivity contribution >= 4 is 0 Å². The van der Waals surface area contributed by atoms with Gasteiger partial charge < -0.3 is 5.11 Å². The average molecular weight is 228 g/mol. The summed E-state index contributed by atoms with van der Waals surface area (Å²) in [5, 5.41) is 10.9. The molecule has 90 valence electrons. The van der Waals surface area contributed by atoms with Gasteiger partial charge in [-0.15, -0.1) is 12.5 Å². The maximum absolute atomic E-state index is 10.9. The topological polar surface area (TPSA) is 20.2 Å². The Kier molecular flexibility index (Phi) is 4.54. The van der Waals surface area contributed by atoms with E-state index in [1.165, 1.54) is 0 Å². The molecule has 0 amide bonds. The van der Waals surface area contributed by atoms with Crippen LogP contribution in [0.5, 0.6) is 0 Å². The molecule has 17 heavy (non-hydrogen) atoms. The molecule has 1 heteroatoms. The molecule has 1 aromatic carbocycles. The zero-order valence-corrected chi connectivity index (χ0v) is 10.8. The van der Waals surface area contributed by atoms with Crippen LogP contribution in [0.25, 0.3) is 0 Å². The van der Waals surface area contributed by atoms with Gasteiger partial charge in [0, 0.05) is 5.92 Å². The minimum Gasteiger partial charge on any atom is -0.373 e.